The molecule has 0 bridgehead atoms. The summed E-state index contributed by atoms with van der Waals surface area (Å²) in [5.41, 5.74) is 7.07. The zero-order chi connectivity index (χ0) is 11.3. The SMILES string of the molecule is COCC(N)CN(C)Cc1ccoc1C. The Hall–Kier alpha value is -0.840. The number of methoxy groups -OCH3 is 1. The fourth-order valence-electron chi connectivity index (χ4n) is 1.60. The van der Waals surface area contributed by atoms with Gasteiger partial charge in [-0.3, -0.25) is 0 Å². The molecule has 86 valence electrons. The average Bonchev–Trinajstić information content (AvgIpc) is 2.52. The predicted octanol–water partition coefficient (Wildman–Crippen LogP) is 0.994. The van der Waals surface area contributed by atoms with Crippen LogP contribution in [-0.2, 0) is 11.3 Å². The molecule has 0 aromatic carbocycles. The molecule has 0 aliphatic heterocycles. The van der Waals surface area contributed by atoms with Crippen molar-refractivity contribution in [3.05, 3.63) is 23.7 Å². The van der Waals surface area contributed by atoms with Crippen molar-refractivity contribution < 1.29 is 9.15 Å². The van der Waals surface area contributed by atoms with Gasteiger partial charge in [-0.1, -0.05) is 0 Å². The molecule has 1 aromatic rings. The topological polar surface area (TPSA) is 51.6 Å². The van der Waals surface area contributed by atoms with Crippen molar-refractivity contribution in [1.29, 1.82) is 0 Å². The van der Waals surface area contributed by atoms with Crippen LogP contribution in [0.4, 0.5) is 0 Å². The molecule has 1 heterocycles. The molecule has 4 nitrogen and oxygen atoms in total. The number of likely N-dealkylation sites (N-methyl/N-ethyl adjacent to an activating group) is 1. The molecule has 15 heavy (non-hydrogen) atoms. The van der Waals surface area contributed by atoms with E-state index in [1.54, 1.807) is 13.4 Å². The quantitative estimate of drug-likeness (QED) is 0.764. The Kier molecular flexibility index (Phi) is 4.81. The summed E-state index contributed by atoms with van der Waals surface area (Å²) < 4.78 is 10.2. The second kappa shape index (κ2) is 5.90. The summed E-state index contributed by atoms with van der Waals surface area (Å²) in [6.07, 6.45) is 1.72. The van der Waals surface area contributed by atoms with E-state index in [2.05, 4.69) is 4.90 Å². The number of furan rings is 1. The van der Waals surface area contributed by atoms with Crippen LogP contribution in [0.5, 0.6) is 0 Å². The molecular weight excluding hydrogens is 192 g/mol. The molecule has 1 rings (SSSR count). The van der Waals surface area contributed by atoms with E-state index < -0.39 is 0 Å². The Balaban J connectivity index is 2.36. The van der Waals surface area contributed by atoms with Crippen LogP contribution in [-0.4, -0.2) is 38.3 Å². The first-order chi connectivity index (χ1) is 7.13. The lowest BCUT2D eigenvalue weighted by molar-refractivity contribution is 0.159. The molecular formula is C11H20N2O2. The number of ether oxygens (including phenoxy) is 1. The van der Waals surface area contributed by atoms with Gasteiger partial charge in [0.05, 0.1) is 12.9 Å². The van der Waals surface area contributed by atoms with Crippen molar-refractivity contribution in [2.24, 2.45) is 5.73 Å². The Labute approximate surface area is 91.0 Å². The van der Waals surface area contributed by atoms with Gasteiger partial charge in [-0.15, -0.1) is 0 Å². The van der Waals surface area contributed by atoms with Gasteiger partial charge in [-0.05, 0) is 20.0 Å². The molecule has 0 aliphatic rings. The average molecular weight is 212 g/mol. The fourth-order valence-corrected chi connectivity index (χ4v) is 1.60. The van der Waals surface area contributed by atoms with Crippen molar-refractivity contribution in [2.45, 2.75) is 19.5 Å². The van der Waals surface area contributed by atoms with Crippen LogP contribution in [0.2, 0.25) is 0 Å². The molecule has 0 saturated carbocycles. The van der Waals surface area contributed by atoms with Crippen molar-refractivity contribution in [3.8, 4) is 0 Å². The molecule has 0 spiro atoms. The Bertz CT molecular complexity index is 286. The van der Waals surface area contributed by atoms with E-state index in [0.717, 1.165) is 18.8 Å². The minimum absolute atomic E-state index is 0.0622. The van der Waals surface area contributed by atoms with Gasteiger partial charge in [-0.25, -0.2) is 0 Å². The molecule has 4 heteroatoms. The summed E-state index contributed by atoms with van der Waals surface area (Å²) in [6.45, 7) is 4.24. The highest BCUT2D eigenvalue weighted by atomic mass is 16.5. The van der Waals surface area contributed by atoms with Gasteiger partial charge >= 0.3 is 0 Å². The second-order valence-electron chi connectivity index (χ2n) is 3.91. The smallest absolute Gasteiger partial charge is 0.105 e. The van der Waals surface area contributed by atoms with Crippen LogP contribution in [0.25, 0.3) is 0 Å². The third kappa shape index (κ3) is 4.03. The zero-order valence-electron chi connectivity index (χ0n) is 9.69. The van der Waals surface area contributed by atoms with E-state index in [1.807, 2.05) is 20.0 Å². The summed E-state index contributed by atoms with van der Waals surface area (Å²) in [5, 5.41) is 0. The minimum atomic E-state index is 0.0622. The maximum absolute atomic E-state index is 5.86. The number of hydrogen-bond donors (Lipinski definition) is 1. The van der Waals surface area contributed by atoms with Gasteiger partial charge < -0.3 is 19.8 Å². The standard InChI is InChI=1S/C11H20N2O2/c1-9-10(4-5-15-9)6-13(2)7-11(12)8-14-3/h4-5,11H,6-8,12H2,1-3H3. The summed E-state index contributed by atoms with van der Waals surface area (Å²) in [5.74, 6) is 0.974. The number of rotatable bonds is 6. The fraction of sp³-hybridized carbons (Fsp3) is 0.636. The van der Waals surface area contributed by atoms with Crippen LogP contribution in [0.1, 0.15) is 11.3 Å². The molecule has 0 amide bonds. The van der Waals surface area contributed by atoms with Crippen LogP contribution < -0.4 is 5.73 Å². The number of aryl methyl sites for hydroxylation is 1. The first-order valence-corrected chi connectivity index (χ1v) is 5.09. The first-order valence-electron chi connectivity index (χ1n) is 5.09. The van der Waals surface area contributed by atoms with Crippen molar-refractivity contribution >= 4 is 0 Å². The van der Waals surface area contributed by atoms with Gasteiger partial charge in [-0.2, -0.15) is 0 Å². The number of nitrogens with two attached hydrogens (primary N) is 1. The normalized spacial score (nSPS) is 13.4. The van der Waals surface area contributed by atoms with Crippen LogP contribution in [0.3, 0.4) is 0 Å². The minimum Gasteiger partial charge on any atom is -0.469 e. The van der Waals surface area contributed by atoms with Crippen LogP contribution in [0.15, 0.2) is 16.7 Å². The Morgan fingerprint density at radius 1 is 1.60 bits per heavy atom. The zero-order valence-corrected chi connectivity index (χ0v) is 9.69. The largest absolute Gasteiger partial charge is 0.469 e. The summed E-state index contributed by atoms with van der Waals surface area (Å²) >= 11 is 0. The highest BCUT2D eigenvalue weighted by Crippen LogP contribution is 2.10. The summed E-state index contributed by atoms with van der Waals surface area (Å²) in [4.78, 5) is 2.17. The third-order valence-electron chi connectivity index (χ3n) is 2.33. The van der Waals surface area contributed by atoms with E-state index in [1.165, 1.54) is 5.56 Å². The Morgan fingerprint density at radius 3 is 2.87 bits per heavy atom. The van der Waals surface area contributed by atoms with Crippen LogP contribution >= 0.6 is 0 Å². The molecule has 1 atom stereocenters. The predicted molar refractivity (Wildman–Crippen MR) is 59.6 cm³/mol. The van der Waals surface area contributed by atoms with E-state index in [9.17, 15) is 0 Å². The van der Waals surface area contributed by atoms with E-state index >= 15 is 0 Å². The molecule has 0 fully saturated rings. The van der Waals surface area contributed by atoms with Crippen LogP contribution in [0, 0.1) is 6.92 Å². The molecule has 1 aromatic heterocycles. The lowest BCUT2D eigenvalue weighted by Gasteiger charge is -2.20. The monoisotopic (exact) mass is 212 g/mol. The van der Waals surface area contributed by atoms with E-state index in [0.29, 0.717) is 6.61 Å². The maximum atomic E-state index is 5.86. The van der Waals surface area contributed by atoms with Gasteiger partial charge in [0.15, 0.2) is 0 Å². The second-order valence-corrected chi connectivity index (χ2v) is 3.91. The van der Waals surface area contributed by atoms with Gasteiger partial charge in [0, 0.05) is 31.8 Å². The molecule has 0 saturated heterocycles. The molecule has 1 unspecified atom stereocenters. The summed E-state index contributed by atoms with van der Waals surface area (Å²) in [6, 6.07) is 2.06. The van der Waals surface area contributed by atoms with E-state index in [-0.39, 0.29) is 6.04 Å². The number of nitrogens with zero attached hydrogens (tertiary/aromatic N) is 1. The van der Waals surface area contributed by atoms with Gasteiger partial charge in [0.1, 0.15) is 5.76 Å². The lowest BCUT2D eigenvalue weighted by atomic mass is 10.2. The van der Waals surface area contributed by atoms with Gasteiger partial charge in [0.2, 0.25) is 0 Å². The first kappa shape index (κ1) is 12.2. The molecule has 2 N–H and O–H groups in total. The van der Waals surface area contributed by atoms with Crippen molar-refractivity contribution in [1.82, 2.24) is 4.90 Å². The van der Waals surface area contributed by atoms with Crippen molar-refractivity contribution in [3.63, 3.8) is 0 Å². The number of hydrogen-bond acceptors (Lipinski definition) is 4. The highest BCUT2D eigenvalue weighted by Gasteiger charge is 2.09. The third-order valence-corrected chi connectivity index (χ3v) is 2.33. The Morgan fingerprint density at radius 2 is 2.33 bits per heavy atom. The highest BCUT2D eigenvalue weighted by molar-refractivity contribution is 5.14. The molecule has 0 aliphatic carbocycles. The lowest BCUT2D eigenvalue weighted by Crippen LogP contribution is -2.38. The summed E-state index contributed by atoms with van der Waals surface area (Å²) in [7, 11) is 3.71. The van der Waals surface area contributed by atoms with Gasteiger partial charge in [0.25, 0.3) is 0 Å². The van der Waals surface area contributed by atoms with E-state index in [4.69, 9.17) is 14.9 Å². The van der Waals surface area contributed by atoms with Crippen molar-refractivity contribution in [2.75, 3.05) is 27.3 Å². The maximum Gasteiger partial charge on any atom is 0.105 e. The molecule has 0 radical (unpaired) electrons.